The summed E-state index contributed by atoms with van der Waals surface area (Å²) in [5.74, 6) is 1.48. The molecule has 0 bridgehead atoms. The lowest BCUT2D eigenvalue weighted by molar-refractivity contribution is 0.211. The van der Waals surface area contributed by atoms with E-state index in [0.29, 0.717) is 30.7 Å². The van der Waals surface area contributed by atoms with Gasteiger partial charge >= 0.3 is 0 Å². The summed E-state index contributed by atoms with van der Waals surface area (Å²) < 4.78 is 28.0. The number of H-pyrrole nitrogens is 1. The van der Waals surface area contributed by atoms with Crippen LogP contribution in [0.1, 0.15) is 26.1 Å². The lowest BCUT2D eigenvalue weighted by Gasteiger charge is -2.36. The highest BCUT2D eigenvalue weighted by molar-refractivity contribution is 7.86. The number of imidazole rings is 1. The van der Waals surface area contributed by atoms with Crippen LogP contribution in [0.15, 0.2) is 12.4 Å². The maximum Gasteiger partial charge on any atom is 0.282 e. The van der Waals surface area contributed by atoms with Gasteiger partial charge in [-0.25, -0.2) is 4.98 Å². The molecule has 0 aliphatic carbocycles. The van der Waals surface area contributed by atoms with Crippen molar-refractivity contribution in [2.24, 2.45) is 11.8 Å². The number of hydrogen-bond acceptors (Lipinski definition) is 3. The van der Waals surface area contributed by atoms with Gasteiger partial charge in [0, 0.05) is 32.5 Å². The molecule has 1 aliphatic rings. The number of nitrogens with one attached hydrogen (secondary N) is 1. The summed E-state index contributed by atoms with van der Waals surface area (Å²) in [6.07, 6.45) is 4.41. The van der Waals surface area contributed by atoms with E-state index in [1.165, 1.54) is 4.31 Å². The molecule has 0 amide bonds. The summed E-state index contributed by atoms with van der Waals surface area (Å²) in [7, 11) is -1.80. The molecular formula is C12H22N4O2S. The first-order valence-corrected chi connectivity index (χ1v) is 7.99. The second kappa shape index (κ2) is 5.60. The maximum absolute atomic E-state index is 12.5. The number of aromatic amines is 1. The SMILES string of the molecule is CC1CC(C)CN(S(=O)(=O)N(C)Cc2ncc[nH]2)C1. The van der Waals surface area contributed by atoms with Crippen LogP contribution >= 0.6 is 0 Å². The highest BCUT2D eigenvalue weighted by Crippen LogP contribution is 2.24. The first kappa shape index (κ1) is 14.5. The molecule has 0 saturated carbocycles. The molecular weight excluding hydrogens is 264 g/mol. The summed E-state index contributed by atoms with van der Waals surface area (Å²) in [5, 5.41) is 0. The molecule has 7 heteroatoms. The molecule has 2 unspecified atom stereocenters. The van der Waals surface area contributed by atoms with Gasteiger partial charge in [-0.2, -0.15) is 17.0 Å². The Labute approximate surface area is 115 Å². The smallest absolute Gasteiger partial charge is 0.282 e. The van der Waals surface area contributed by atoms with Crippen LogP contribution in [0.25, 0.3) is 0 Å². The van der Waals surface area contributed by atoms with Crippen LogP contribution < -0.4 is 0 Å². The third kappa shape index (κ3) is 3.34. The molecule has 1 aromatic rings. The third-order valence-electron chi connectivity index (χ3n) is 3.48. The van der Waals surface area contributed by atoms with Gasteiger partial charge in [-0.1, -0.05) is 13.8 Å². The fraction of sp³-hybridized carbons (Fsp3) is 0.750. The zero-order valence-corrected chi connectivity index (χ0v) is 12.5. The predicted octanol–water partition coefficient (Wildman–Crippen LogP) is 1.06. The second-order valence-corrected chi connectivity index (χ2v) is 7.60. The van der Waals surface area contributed by atoms with Crippen molar-refractivity contribution in [3.63, 3.8) is 0 Å². The summed E-state index contributed by atoms with van der Waals surface area (Å²) >= 11 is 0. The maximum atomic E-state index is 12.5. The molecule has 1 aromatic heterocycles. The van der Waals surface area contributed by atoms with E-state index in [1.807, 2.05) is 0 Å². The van der Waals surface area contributed by atoms with Crippen molar-refractivity contribution in [1.82, 2.24) is 18.6 Å². The van der Waals surface area contributed by atoms with Crippen molar-refractivity contribution in [2.45, 2.75) is 26.8 Å². The van der Waals surface area contributed by atoms with Crippen molar-refractivity contribution in [1.29, 1.82) is 0 Å². The Hall–Kier alpha value is -0.920. The van der Waals surface area contributed by atoms with Crippen molar-refractivity contribution >= 4 is 10.2 Å². The van der Waals surface area contributed by atoms with E-state index in [4.69, 9.17) is 0 Å². The number of piperidine rings is 1. The van der Waals surface area contributed by atoms with Crippen LogP contribution in [-0.2, 0) is 16.8 Å². The van der Waals surface area contributed by atoms with Gasteiger partial charge in [-0.05, 0) is 18.3 Å². The summed E-state index contributed by atoms with van der Waals surface area (Å²) in [4.78, 5) is 6.99. The van der Waals surface area contributed by atoms with E-state index in [9.17, 15) is 8.42 Å². The van der Waals surface area contributed by atoms with Crippen molar-refractivity contribution in [3.8, 4) is 0 Å². The van der Waals surface area contributed by atoms with Crippen LogP contribution in [0.3, 0.4) is 0 Å². The molecule has 2 atom stereocenters. The van der Waals surface area contributed by atoms with E-state index in [1.54, 1.807) is 23.7 Å². The minimum absolute atomic E-state index is 0.272. The molecule has 2 heterocycles. The van der Waals surface area contributed by atoms with Crippen LogP contribution in [-0.4, -0.2) is 47.1 Å². The van der Waals surface area contributed by atoms with Crippen LogP contribution in [0.5, 0.6) is 0 Å². The molecule has 0 aromatic carbocycles. The summed E-state index contributed by atoms with van der Waals surface area (Å²) in [6.45, 7) is 5.69. The molecule has 0 spiro atoms. The zero-order chi connectivity index (χ0) is 14.0. The van der Waals surface area contributed by atoms with Crippen LogP contribution in [0, 0.1) is 11.8 Å². The first-order chi connectivity index (χ1) is 8.89. The topological polar surface area (TPSA) is 69.3 Å². The Morgan fingerprint density at radius 1 is 1.42 bits per heavy atom. The van der Waals surface area contributed by atoms with Gasteiger partial charge < -0.3 is 4.98 Å². The van der Waals surface area contributed by atoms with Gasteiger partial charge in [-0.3, -0.25) is 0 Å². The standard InChI is InChI=1S/C12H22N4O2S/c1-10-6-11(2)8-16(7-10)19(17,18)15(3)9-12-13-4-5-14-12/h4-5,10-11H,6-9H2,1-3H3,(H,13,14). The van der Waals surface area contributed by atoms with Crippen molar-refractivity contribution in [2.75, 3.05) is 20.1 Å². The molecule has 1 fully saturated rings. The largest absolute Gasteiger partial charge is 0.347 e. The lowest BCUT2D eigenvalue weighted by atomic mass is 9.94. The number of nitrogens with zero attached hydrogens (tertiary/aromatic N) is 3. The Morgan fingerprint density at radius 3 is 2.58 bits per heavy atom. The van der Waals surface area contributed by atoms with Crippen molar-refractivity contribution < 1.29 is 8.42 Å². The zero-order valence-electron chi connectivity index (χ0n) is 11.7. The van der Waals surface area contributed by atoms with Gasteiger partial charge in [0.2, 0.25) is 0 Å². The highest BCUT2D eigenvalue weighted by Gasteiger charge is 2.33. The van der Waals surface area contributed by atoms with E-state index in [2.05, 4.69) is 23.8 Å². The second-order valence-electron chi connectivity index (χ2n) is 5.56. The molecule has 0 radical (unpaired) electrons. The molecule has 1 aliphatic heterocycles. The van der Waals surface area contributed by atoms with Crippen LogP contribution in [0.4, 0.5) is 0 Å². The molecule has 108 valence electrons. The molecule has 1 saturated heterocycles. The molecule has 19 heavy (non-hydrogen) atoms. The lowest BCUT2D eigenvalue weighted by Crippen LogP contribution is -2.48. The molecule has 2 rings (SSSR count). The Bertz CT molecular complexity index is 490. The quantitative estimate of drug-likeness (QED) is 0.900. The fourth-order valence-corrected chi connectivity index (χ4v) is 4.23. The third-order valence-corrected chi connectivity index (χ3v) is 5.35. The highest BCUT2D eigenvalue weighted by atomic mass is 32.2. The minimum Gasteiger partial charge on any atom is -0.347 e. The Kier molecular flexibility index (Phi) is 4.27. The number of hydrogen-bond donors (Lipinski definition) is 1. The van der Waals surface area contributed by atoms with Gasteiger partial charge in [0.05, 0.1) is 6.54 Å². The average Bonchev–Trinajstić information content (AvgIpc) is 2.80. The van der Waals surface area contributed by atoms with E-state index >= 15 is 0 Å². The molecule has 6 nitrogen and oxygen atoms in total. The summed E-state index contributed by atoms with van der Waals surface area (Å²) in [5.41, 5.74) is 0. The van der Waals surface area contributed by atoms with Gasteiger partial charge in [0.15, 0.2) is 0 Å². The number of aromatic nitrogens is 2. The summed E-state index contributed by atoms with van der Waals surface area (Å²) in [6, 6.07) is 0. The van der Waals surface area contributed by atoms with Gasteiger partial charge in [0.25, 0.3) is 10.2 Å². The Balaban J connectivity index is 2.08. The van der Waals surface area contributed by atoms with Crippen LogP contribution in [0.2, 0.25) is 0 Å². The Morgan fingerprint density at radius 2 is 2.05 bits per heavy atom. The minimum atomic E-state index is -3.40. The van der Waals surface area contributed by atoms with Gasteiger partial charge in [0.1, 0.15) is 5.82 Å². The first-order valence-electron chi connectivity index (χ1n) is 6.59. The van der Waals surface area contributed by atoms with E-state index < -0.39 is 10.2 Å². The monoisotopic (exact) mass is 286 g/mol. The normalized spacial score (nSPS) is 25.9. The van der Waals surface area contributed by atoms with Gasteiger partial charge in [-0.15, -0.1) is 0 Å². The van der Waals surface area contributed by atoms with E-state index in [-0.39, 0.29) is 6.54 Å². The van der Waals surface area contributed by atoms with Crippen molar-refractivity contribution in [3.05, 3.63) is 18.2 Å². The average molecular weight is 286 g/mol. The van der Waals surface area contributed by atoms with E-state index in [0.717, 1.165) is 6.42 Å². The predicted molar refractivity (Wildman–Crippen MR) is 73.5 cm³/mol. The molecule has 1 N–H and O–H groups in total. The fourth-order valence-electron chi connectivity index (χ4n) is 2.67. The number of rotatable bonds is 4.